The van der Waals surface area contributed by atoms with Crippen LogP contribution in [0.15, 0.2) is 0 Å². The second-order valence-corrected chi connectivity index (χ2v) is 0.972. The predicted octanol–water partition coefficient (Wildman–Crippen LogP) is 0.959. The molecule has 0 saturated carbocycles. The van der Waals surface area contributed by atoms with Gasteiger partial charge in [-0.2, -0.15) is 0 Å². The maximum absolute atomic E-state index is 9.34. The normalized spacial score (nSPS) is 7.50. The van der Waals surface area contributed by atoms with E-state index in [4.69, 9.17) is 0 Å². The Labute approximate surface area is 49.0 Å². The van der Waals surface area contributed by atoms with Crippen LogP contribution in [-0.4, -0.2) is 6.61 Å². The molecule has 0 aliphatic rings. The second-order valence-electron chi connectivity index (χ2n) is 0.516. The SMILES string of the molecule is CCO[PH+]=O.[Fe]. The fourth-order valence-electron chi connectivity index (χ4n) is 0.0589. The second kappa shape index (κ2) is 9.13. The Balaban J connectivity index is 0. The summed E-state index contributed by atoms with van der Waals surface area (Å²) >= 11 is 0. The summed E-state index contributed by atoms with van der Waals surface area (Å²) in [4.78, 5) is 0. The summed E-state index contributed by atoms with van der Waals surface area (Å²) in [5, 5.41) is 0. The monoisotopic (exact) mass is 149 g/mol. The van der Waals surface area contributed by atoms with Gasteiger partial charge in [0.05, 0.1) is 6.61 Å². The molecule has 0 rings (SSSR count). The van der Waals surface area contributed by atoms with Crippen molar-refractivity contribution in [1.29, 1.82) is 0 Å². The van der Waals surface area contributed by atoms with Crippen molar-refractivity contribution in [1.82, 2.24) is 0 Å². The van der Waals surface area contributed by atoms with E-state index in [2.05, 4.69) is 4.52 Å². The predicted molar refractivity (Wildman–Crippen MR) is 20.6 cm³/mol. The van der Waals surface area contributed by atoms with Crippen molar-refractivity contribution >= 4 is 8.69 Å². The van der Waals surface area contributed by atoms with Crippen molar-refractivity contribution in [3.05, 3.63) is 0 Å². The van der Waals surface area contributed by atoms with Crippen molar-refractivity contribution in [2.45, 2.75) is 6.92 Å². The maximum atomic E-state index is 9.34. The molecule has 0 aromatic carbocycles. The smallest absolute Gasteiger partial charge is 0.148 e. The Morgan fingerprint density at radius 1 is 1.83 bits per heavy atom. The molecule has 0 aromatic rings. The largest absolute Gasteiger partial charge is 0.494 e. The van der Waals surface area contributed by atoms with Crippen molar-refractivity contribution in [3.8, 4) is 0 Å². The van der Waals surface area contributed by atoms with Gasteiger partial charge in [-0.1, -0.05) is 0 Å². The Kier molecular flexibility index (Phi) is 14.9. The Hall–Kier alpha value is 0.579. The molecule has 0 bridgehead atoms. The van der Waals surface area contributed by atoms with Crippen LogP contribution < -0.4 is 0 Å². The van der Waals surface area contributed by atoms with Crippen LogP contribution in [0.3, 0.4) is 0 Å². The van der Waals surface area contributed by atoms with Crippen LogP contribution in [0.5, 0.6) is 0 Å². The van der Waals surface area contributed by atoms with Gasteiger partial charge >= 0.3 is 8.69 Å². The first kappa shape index (κ1) is 9.77. The summed E-state index contributed by atoms with van der Waals surface area (Å²) in [7, 11) is -0.592. The number of hydrogen-bond acceptors (Lipinski definition) is 2. The molecule has 0 aliphatic heterocycles. The third kappa shape index (κ3) is 8.82. The Morgan fingerprint density at radius 3 is 2.33 bits per heavy atom. The minimum Gasteiger partial charge on any atom is -0.148 e. The summed E-state index contributed by atoms with van der Waals surface area (Å²) < 4.78 is 13.6. The zero-order valence-corrected chi connectivity index (χ0v) is 5.48. The van der Waals surface area contributed by atoms with Crippen molar-refractivity contribution in [2.24, 2.45) is 0 Å². The van der Waals surface area contributed by atoms with E-state index in [1.165, 1.54) is 0 Å². The van der Waals surface area contributed by atoms with Crippen LogP contribution in [0.2, 0.25) is 0 Å². The van der Waals surface area contributed by atoms with Crippen molar-refractivity contribution in [2.75, 3.05) is 6.61 Å². The topological polar surface area (TPSA) is 26.3 Å². The van der Waals surface area contributed by atoms with E-state index in [-0.39, 0.29) is 17.1 Å². The third-order valence-corrected chi connectivity index (χ3v) is 0.610. The molecule has 0 aliphatic carbocycles. The molecule has 0 aromatic heterocycles. The molecule has 6 heavy (non-hydrogen) atoms. The summed E-state index contributed by atoms with van der Waals surface area (Å²) in [5.41, 5.74) is 0. The summed E-state index contributed by atoms with van der Waals surface area (Å²) in [6.07, 6.45) is 0. The van der Waals surface area contributed by atoms with Crippen LogP contribution in [0.1, 0.15) is 6.92 Å². The van der Waals surface area contributed by atoms with Crippen LogP contribution in [0.4, 0.5) is 0 Å². The van der Waals surface area contributed by atoms with Gasteiger partial charge < -0.3 is 0 Å². The van der Waals surface area contributed by atoms with Crippen LogP contribution in [0, 0.1) is 0 Å². The summed E-state index contributed by atoms with van der Waals surface area (Å²) in [6, 6.07) is 0. The Bertz CT molecular complexity index is 32.7. The average molecular weight is 149 g/mol. The van der Waals surface area contributed by atoms with Crippen molar-refractivity contribution < 1.29 is 26.2 Å². The van der Waals surface area contributed by atoms with Gasteiger partial charge in [0.15, 0.2) is 0 Å². The first-order valence-corrected chi connectivity index (χ1v) is 2.22. The molecule has 1 atom stereocenters. The molecule has 0 amide bonds. The van der Waals surface area contributed by atoms with E-state index in [0.717, 1.165) is 0 Å². The molecule has 1 unspecified atom stereocenters. The van der Waals surface area contributed by atoms with Gasteiger partial charge in [0.1, 0.15) is 0 Å². The average Bonchev–Trinajstić information content (AvgIpc) is 1.41. The minimum atomic E-state index is -0.592. The van der Waals surface area contributed by atoms with E-state index >= 15 is 0 Å². The molecule has 0 saturated heterocycles. The molecule has 0 spiro atoms. The third-order valence-electron chi connectivity index (χ3n) is 0.203. The zero-order chi connectivity index (χ0) is 4.12. The standard InChI is InChI=1S/C2H6O2P.Fe/c1-2-4-5-3;/h5H,2H2,1H3;/q+1;. The van der Waals surface area contributed by atoms with E-state index in [1.54, 1.807) is 6.92 Å². The molecule has 38 valence electrons. The summed E-state index contributed by atoms with van der Waals surface area (Å²) in [5.74, 6) is 0. The molecular weight excluding hydrogens is 143 g/mol. The van der Waals surface area contributed by atoms with E-state index in [9.17, 15) is 4.57 Å². The van der Waals surface area contributed by atoms with Gasteiger partial charge in [0, 0.05) is 17.1 Å². The minimum absolute atomic E-state index is 0. The molecule has 0 radical (unpaired) electrons. The van der Waals surface area contributed by atoms with Gasteiger partial charge in [-0.05, 0) is 11.5 Å². The van der Waals surface area contributed by atoms with Crippen LogP contribution in [-0.2, 0) is 26.2 Å². The maximum Gasteiger partial charge on any atom is 0.494 e. The first-order chi connectivity index (χ1) is 2.41. The molecule has 0 heterocycles. The van der Waals surface area contributed by atoms with E-state index in [0.29, 0.717) is 6.61 Å². The molecule has 2 nitrogen and oxygen atoms in total. The van der Waals surface area contributed by atoms with Gasteiger partial charge in [0.25, 0.3) is 0 Å². The molecule has 0 N–H and O–H groups in total. The van der Waals surface area contributed by atoms with Gasteiger partial charge in [0.2, 0.25) is 0 Å². The Morgan fingerprint density at radius 2 is 2.33 bits per heavy atom. The van der Waals surface area contributed by atoms with Crippen molar-refractivity contribution in [3.63, 3.8) is 0 Å². The first-order valence-electron chi connectivity index (χ1n) is 1.40. The fourth-order valence-corrected chi connectivity index (χ4v) is 0.177. The van der Waals surface area contributed by atoms with Gasteiger partial charge in [-0.3, -0.25) is 0 Å². The quantitative estimate of drug-likeness (QED) is 0.431. The molecule has 0 fully saturated rings. The van der Waals surface area contributed by atoms with Gasteiger partial charge in [-0.15, -0.1) is 4.52 Å². The number of hydrogen-bond donors (Lipinski definition) is 0. The van der Waals surface area contributed by atoms with Crippen LogP contribution in [0.25, 0.3) is 0 Å². The molecular formula is C2H6FeO2P+. The van der Waals surface area contributed by atoms with Gasteiger partial charge in [-0.25, -0.2) is 0 Å². The summed E-state index contributed by atoms with van der Waals surface area (Å²) in [6.45, 7) is 2.34. The molecule has 4 heteroatoms. The van der Waals surface area contributed by atoms with Crippen LogP contribution >= 0.6 is 8.69 Å². The van der Waals surface area contributed by atoms with E-state index in [1.807, 2.05) is 0 Å². The number of rotatable bonds is 2. The van der Waals surface area contributed by atoms with E-state index < -0.39 is 8.69 Å². The fraction of sp³-hybridized carbons (Fsp3) is 1.00. The zero-order valence-electron chi connectivity index (χ0n) is 3.38.